The van der Waals surface area contributed by atoms with Crippen LogP contribution in [0, 0.1) is 5.82 Å². The van der Waals surface area contributed by atoms with E-state index in [0.29, 0.717) is 17.7 Å². The van der Waals surface area contributed by atoms with Gasteiger partial charge in [-0.3, -0.25) is 4.79 Å². The minimum Gasteiger partial charge on any atom is -0.496 e. The van der Waals surface area contributed by atoms with Crippen LogP contribution >= 0.6 is 0 Å². The summed E-state index contributed by atoms with van der Waals surface area (Å²) in [6, 6.07) is 7.88. The summed E-state index contributed by atoms with van der Waals surface area (Å²) in [5.74, 6) is 1.02. The predicted molar refractivity (Wildman–Crippen MR) is 76.4 cm³/mol. The van der Waals surface area contributed by atoms with E-state index in [4.69, 9.17) is 9.15 Å². The van der Waals surface area contributed by atoms with Gasteiger partial charge in [0.2, 0.25) is 6.41 Å². The first-order valence-corrected chi connectivity index (χ1v) is 6.70. The van der Waals surface area contributed by atoms with E-state index in [1.165, 1.54) is 19.2 Å². The van der Waals surface area contributed by atoms with Crippen LogP contribution in [-0.4, -0.2) is 24.5 Å². The van der Waals surface area contributed by atoms with Crippen molar-refractivity contribution in [3.8, 4) is 5.75 Å². The normalized spacial score (nSPS) is 12.0. The van der Waals surface area contributed by atoms with Gasteiger partial charge in [-0.05, 0) is 37.3 Å². The van der Waals surface area contributed by atoms with Crippen molar-refractivity contribution in [3.63, 3.8) is 0 Å². The third-order valence-electron chi connectivity index (χ3n) is 3.37. The van der Waals surface area contributed by atoms with Crippen LogP contribution in [0.2, 0.25) is 0 Å². The molecule has 0 saturated carbocycles. The van der Waals surface area contributed by atoms with Gasteiger partial charge in [0.25, 0.3) is 0 Å². The Morgan fingerprint density at radius 3 is 2.86 bits per heavy atom. The van der Waals surface area contributed by atoms with E-state index in [0.717, 1.165) is 12.2 Å². The van der Waals surface area contributed by atoms with Crippen molar-refractivity contribution in [2.45, 2.75) is 25.9 Å². The van der Waals surface area contributed by atoms with Gasteiger partial charge in [0.05, 0.1) is 13.4 Å². The maximum absolute atomic E-state index is 13.4. The molecule has 4 nitrogen and oxygen atoms in total. The van der Waals surface area contributed by atoms with E-state index in [1.54, 1.807) is 17.2 Å². The van der Waals surface area contributed by atoms with Gasteiger partial charge in [0.15, 0.2) is 0 Å². The average molecular weight is 291 g/mol. The Balaban J connectivity index is 2.11. The zero-order valence-corrected chi connectivity index (χ0v) is 12.1. The molecule has 0 spiro atoms. The van der Waals surface area contributed by atoms with Gasteiger partial charge >= 0.3 is 0 Å². The van der Waals surface area contributed by atoms with Gasteiger partial charge in [-0.25, -0.2) is 4.39 Å². The summed E-state index contributed by atoms with van der Waals surface area (Å²) in [6.45, 7) is 2.20. The second kappa shape index (κ2) is 6.92. The number of ether oxygens (including phenoxy) is 1. The molecule has 0 bridgehead atoms. The minimum atomic E-state index is -0.352. The zero-order chi connectivity index (χ0) is 15.2. The number of carbonyl (C=O) groups is 1. The SMILES string of the molecule is COc1ccc(F)cc1CN(C=O)C(C)Cc1ccco1. The lowest BCUT2D eigenvalue weighted by Gasteiger charge is -2.25. The molecule has 0 radical (unpaired) electrons. The number of carbonyl (C=O) groups excluding carboxylic acids is 1. The molecule has 1 aromatic carbocycles. The maximum atomic E-state index is 13.4. The molecule has 0 N–H and O–H groups in total. The lowest BCUT2D eigenvalue weighted by atomic mass is 10.1. The van der Waals surface area contributed by atoms with Crippen LogP contribution in [0.5, 0.6) is 5.75 Å². The van der Waals surface area contributed by atoms with Crippen LogP contribution < -0.4 is 4.74 Å². The minimum absolute atomic E-state index is 0.0679. The van der Waals surface area contributed by atoms with E-state index in [2.05, 4.69) is 0 Å². The first-order chi connectivity index (χ1) is 10.1. The van der Waals surface area contributed by atoms with Crippen LogP contribution in [0.1, 0.15) is 18.2 Å². The number of hydrogen-bond acceptors (Lipinski definition) is 3. The van der Waals surface area contributed by atoms with E-state index in [-0.39, 0.29) is 18.4 Å². The van der Waals surface area contributed by atoms with E-state index >= 15 is 0 Å². The topological polar surface area (TPSA) is 42.7 Å². The Labute approximate surface area is 123 Å². The zero-order valence-electron chi connectivity index (χ0n) is 12.1. The lowest BCUT2D eigenvalue weighted by molar-refractivity contribution is -0.120. The summed E-state index contributed by atoms with van der Waals surface area (Å²) in [7, 11) is 1.52. The predicted octanol–water partition coefficient (Wildman–Crippen LogP) is 3.02. The molecule has 1 unspecified atom stereocenters. The molecule has 0 aliphatic carbocycles. The van der Waals surface area contributed by atoms with Crippen molar-refractivity contribution in [3.05, 3.63) is 53.7 Å². The molecule has 21 heavy (non-hydrogen) atoms. The highest BCUT2D eigenvalue weighted by Crippen LogP contribution is 2.22. The molecule has 2 aromatic rings. The highest BCUT2D eigenvalue weighted by molar-refractivity contribution is 5.49. The van der Waals surface area contributed by atoms with Crippen LogP contribution in [0.15, 0.2) is 41.0 Å². The van der Waals surface area contributed by atoms with Gasteiger partial charge in [-0.1, -0.05) is 0 Å². The second-order valence-electron chi connectivity index (χ2n) is 4.87. The van der Waals surface area contributed by atoms with Crippen molar-refractivity contribution in [2.75, 3.05) is 7.11 Å². The van der Waals surface area contributed by atoms with Crippen LogP contribution in [0.4, 0.5) is 4.39 Å². The first kappa shape index (κ1) is 15.1. The fourth-order valence-electron chi connectivity index (χ4n) is 2.20. The summed E-state index contributed by atoms with van der Waals surface area (Å²) >= 11 is 0. The second-order valence-corrected chi connectivity index (χ2v) is 4.87. The molecule has 112 valence electrons. The number of furan rings is 1. The largest absolute Gasteiger partial charge is 0.496 e. The van der Waals surface area contributed by atoms with Gasteiger partial charge in [0.1, 0.15) is 17.3 Å². The van der Waals surface area contributed by atoms with E-state index in [9.17, 15) is 9.18 Å². The quantitative estimate of drug-likeness (QED) is 0.736. The van der Waals surface area contributed by atoms with E-state index < -0.39 is 0 Å². The summed E-state index contributed by atoms with van der Waals surface area (Å²) in [4.78, 5) is 12.9. The van der Waals surface area contributed by atoms with Crippen molar-refractivity contribution < 1.29 is 18.3 Å². The number of benzene rings is 1. The molecule has 0 saturated heterocycles. The molecule has 5 heteroatoms. The Bertz CT molecular complexity index is 583. The number of rotatable bonds is 7. The fraction of sp³-hybridized carbons (Fsp3) is 0.312. The fourth-order valence-corrected chi connectivity index (χ4v) is 2.20. The summed E-state index contributed by atoms with van der Waals surface area (Å²) in [5.41, 5.74) is 0.635. The smallest absolute Gasteiger partial charge is 0.210 e. The molecule has 1 atom stereocenters. The Kier molecular flexibility index (Phi) is 4.98. The molecule has 0 fully saturated rings. The van der Waals surface area contributed by atoms with Crippen molar-refractivity contribution in [2.24, 2.45) is 0 Å². The number of amides is 1. The van der Waals surface area contributed by atoms with Gasteiger partial charge in [0, 0.05) is 24.6 Å². The number of halogens is 1. The molecule has 1 heterocycles. The number of hydrogen-bond donors (Lipinski definition) is 0. The summed E-state index contributed by atoms with van der Waals surface area (Å²) in [5, 5.41) is 0. The monoisotopic (exact) mass is 291 g/mol. The maximum Gasteiger partial charge on any atom is 0.210 e. The van der Waals surface area contributed by atoms with Crippen LogP contribution in [-0.2, 0) is 17.8 Å². The standard InChI is InChI=1S/C16H18FNO3/c1-12(8-15-4-3-7-21-15)18(11-19)10-13-9-14(17)5-6-16(13)20-2/h3-7,9,11-12H,8,10H2,1-2H3. The number of nitrogens with zero attached hydrogens (tertiary/aromatic N) is 1. The molecule has 2 rings (SSSR count). The molecule has 0 aliphatic rings. The highest BCUT2D eigenvalue weighted by Gasteiger charge is 2.16. The molecule has 1 amide bonds. The first-order valence-electron chi connectivity index (χ1n) is 6.70. The Morgan fingerprint density at radius 1 is 1.43 bits per heavy atom. The third kappa shape index (κ3) is 3.84. The lowest BCUT2D eigenvalue weighted by Crippen LogP contribution is -2.33. The summed E-state index contributed by atoms with van der Waals surface area (Å²) < 4.78 is 23.9. The van der Waals surface area contributed by atoms with Crippen molar-refractivity contribution in [1.82, 2.24) is 4.90 Å². The molecule has 1 aromatic heterocycles. The van der Waals surface area contributed by atoms with Crippen molar-refractivity contribution in [1.29, 1.82) is 0 Å². The third-order valence-corrected chi connectivity index (χ3v) is 3.37. The van der Waals surface area contributed by atoms with Crippen molar-refractivity contribution >= 4 is 6.41 Å². The Morgan fingerprint density at radius 2 is 2.24 bits per heavy atom. The van der Waals surface area contributed by atoms with Crippen LogP contribution in [0.25, 0.3) is 0 Å². The van der Waals surface area contributed by atoms with E-state index in [1.807, 2.05) is 19.1 Å². The van der Waals surface area contributed by atoms with Gasteiger partial charge in [-0.15, -0.1) is 0 Å². The Hall–Kier alpha value is -2.30. The summed E-state index contributed by atoms with van der Waals surface area (Å²) in [6.07, 6.45) is 2.96. The molecule has 0 aliphatic heterocycles. The number of methoxy groups -OCH3 is 1. The van der Waals surface area contributed by atoms with Gasteiger partial charge < -0.3 is 14.1 Å². The van der Waals surface area contributed by atoms with Gasteiger partial charge in [-0.2, -0.15) is 0 Å². The van der Waals surface area contributed by atoms with Crippen LogP contribution in [0.3, 0.4) is 0 Å². The average Bonchev–Trinajstić information content (AvgIpc) is 2.97. The molecular formula is C16H18FNO3. The highest BCUT2D eigenvalue weighted by atomic mass is 19.1. The molecular weight excluding hydrogens is 273 g/mol.